The molecule has 0 aromatic heterocycles. The second kappa shape index (κ2) is 30.4. The summed E-state index contributed by atoms with van der Waals surface area (Å²) >= 11 is 0. The third kappa shape index (κ3) is 18.1. The van der Waals surface area contributed by atoms with E-state index >= 15 is 0 Å². The van der Waals surface area contributed by atoms with Gasteiger partial charge >= 0.3 is 0 Å². The van der Waals surface area contributed by atoms with Crippen LogP contribution in [0.2, 0.25) is 0 Å². The number of likely N-dealkylation sites (N-methyl/N-ethyl adjacent to an activating group) is 2. The maximum atomic E-state index is 14.3. The lowest BCUT2D eigenvalue weighted by Crippen LogP contribution is -2.54. The van der Waals surface area contributed by atoms with Crippen molar-refractivity contribution in [3.63, 3.8) is 0 Å². The summed E-state index contributed by atoms with van der Waals surface area (Å²) in [6, 6.07) is 3.38. The zero-order chi connectivity index (χ0) is 51.9. The summed E-state index contributed by atoms with van der Waals surface area (Å²) < 4.78 is 10.6. The number of hydrogen-bond donors (Lipinski definition) is 6. The monoisotopic (exact) mass is 980 g/mol. The maximum Gasteiger partial charge on any atom is 0.245 e. The lowest BCUT2D eigenvalue weighted by Gasteiger charge is -2.30. The van der Waals surface area contributed by atoms with Crippen LogP contribution in [0.15, 0.2) is 36.4 Å². The summed E-state index contributed by atoms with van der Waals surface area (Å²) in [5, 5.41) is 40.3. The van der Waals surface area contributed by atoms with Gasteiger partial charge in [0.05, 0.1) is 18.7 Å². The average Bonchev–Trinajstić information content (AvgIpc) is 3.32. The fraction of sp³-hybridized carbons (Fsp3) is 0.642. The Kier molecular flexibility index (Phi) is 25.6. The number of nitrogens with one attached hydrogen (secondary N) is 3. The van der Waals surface area contributed by atoms with Crippen LogP contribution in [0.3, 0.4) is 0 Å². The van der Waals surface area contributed by atoms with Crippen LogP contribution in [-0.4, -0.2) is 132 Å². The number of aliphatic hydroxyl groups excluding tert-OH is 1. The number of nitrogens with zero attached hydrogens (tertiary/aromatic N) is 2. The largest absolute Gasteiger partial charge is 0.507 e. The van der Waals surface area contributed by atoms with Crippen molar-refractivity contribution in [3.8, 4) is 22.6 Å². The molecule has 2 aromatic carbocycles. The average molecular weight is 980 g/mol. The molecule has 0 unspecified atom stereocenters. The Morgan fingerprint density at radius 1 is 0.743 bits per heavy atom. The molecule has 1 aliphatic rings. The molecule has 1 aliphatic heterocycles. The molecule has 0 saturated carbocycles. The predicted molar refractivity (Wildman–Crippen MR) is 266 cm³/mol. The number of fused-ring (bicyclic) bond motifs is 5. The number of unbranched alkanes of at least 4 members (excludes halogenated alkanes) is 12. The Hall–Kier alpha value is -5.39. The molecule has 3 rings (SSSR count). The first-order chi connectivity index (χ1) is 33.4. The van der Waals surface area contributed by atoms with Crippen molar-refractivity contribution in [2.75, 3.05) is 34.9 Å². The molecule has 70 heavy (non-hydrogen) atoms. The Labute approximate surface area is 414 Å². The highest BCUT2D eigenvalue weighted by molar-refractivity contribution is 5.97. The second-order valence-electron chi connectivity index (χ2n) is 18.9. The number of ether oxygens (including phenoxy) is 2. The first-order valence-electron chi connectivity index (χ1n) is 25.2. The van der Waals surface area contributed by atoms with E-state index in [0.29, 0.717) is 12.0 Å². The van der Waals surface area contributed by atoms with Crippen LogP contribution in [0, 0.1) is 5.92 Å². The van der Waals surface area contributed by atoms with Gasteiger partial charge in [0.1, 0.15) is 29.6 Å². The number of phenolic OH excluding ortho intramolecular Hbond substituents is 2. The van der Waals surface area contributed by atoms with Crippen LogP contribution in [0.1, 0.15) is 154 Å². The molecule has 390 valence electrons. The molecule has 1 heterocycles. The molecule has 6 atom stereocenters. The third-order valence-corrected chi connectivity index (χ3v) is 13.3. The zero-order valence-electron chi connectivity index (χ0n) is 42.9. The van der Waals surface area contributed by atoms with Crippen LogP contribution in [0.25, 0.3) is 11.1 Å². The molecule has 0 aliphatic carbocycles. The minimum atomic E-state index is -1.32. The second-order valence-corrected chi connectivity index (χ2v) is 18.9. The van der Waals surface area contributed by atoms with Gasteiger partial charge in [-0.3, -0.25) is 33.6 Å². The Balaban J connectivity index is 1.67. The van der Waals surface area contributed by atoms with Crippen LogP contribution < -0.4 is 16.0 Å². The number of rotatable bonds is 28. The fourth-order valence-corrected chi connectivity index (χ4v) is 8.84. The fourth-order valence-electron chi connectivity index (χ4n) is 8.84. The van der Waals surface area contributed by atoms with Gasteiger partial charge in [-0.1, -0.05) is 103 Å². The Bertz CT molecular complexity index is 2040. The van der Waals surface area contributed by atoms with Gasteiger partial charge in [0.15, 0.2) is 17.9 Å². The number of phenols is 2. The summed E-state index contributed by atoms with van der Waals surface area (Å²) in [5.41, 5.74) is 1.08. The topological polar surface area (TPSA) is 241 Å². The number of Topliss-reactive ketones (excluding diaryl/α,β-unsaturated/α-hetero) is 2. The van der Waals surface area contributed by atoms with Gasteiger partial charge in [0.25, 0.3) is 0 Å². The van der Waals surface area contributed by atoms with E-state index in [1.54, 1.807) is 19.1 Å². The van der Waals surface area contributed by atoms with E-state index < -0.39 is 84.2 Å². The van der Waals surface area contributed by atoms with E-state index in [4.69, 9.17) is 9.47 Å². The number of carbonyl (C=O) groups excluding carboxylic acids is 7. The highest BCUT2D eigenvalue weighted by Gasteiger charge is 2.35. The number of benzene rings is 2. The van der Waals surface area contributed by atoms with Gasteiger partial charge in [0, 0.05) is 77.5 Å². The molecule has 17 nitrogen and oxygen atoms in total. The lowest BCUT2D eigenvalue weighted by atomic mass is 9.89. The van der Waals surface area contributed by atoms with E-state index in [0.717, 1.165) is 24.2 Å². The Morgan fingerprint density at radius 2 is 1.30 bits per heavy atom. The van der Waals surface area contributed by atoms with Crippen molar-refractivity contribution in [1.82, 2.24) is 25.8 Å². The number of aliphatic hydroxyl groups is 1. The van der Waals surface area contributed by atoms with Crippen molar-refractivity contribution in [3.05, 3.63) is 47.5 Å². The number of aromatic hydroxyl groups is 2. The molecule has 0 spiro atoms. The van der Waals surface area contributed by atoms with Gasteiger partial charge in [-0.2, -0.15) is 0 Å². The van der Waals surface area contributed by atoms with E-state index in [9.17, 15) is 48.9 Å². The number of amides is 5. The molecular formula is C53H81N5O12. The van der Waals surface area contributed by atoms with Gasteiger partial charge < -0.3 is 50.5 Å². The molecule has 0 saturated heterocycles. The minimum Gasteiger partial charge on any atom is -0.507 e. The summed E-state index contributed by atoms with van der Waals surface area (Å²) in [7, 11) is 5.67. The molecule has 0 radical (unpaired) electrons. The quantitative estimate of drug-likeness (QED) is 0.0414. The van der Waals surface area contributed by atoms with Crippen LogP contribution in [0.4, 0.5) is 0 Å². The lowest BCUT2D eigenvalue weighted by molar-refractivity contribution is -0.142. The highest BCUT2D eigenvalue weighted by atomic mass is 16.7. The van der Waals surface area contributed by atoms with E-state index in [-0.39, 0.29) is 66.2 Å². The molecule has 0 fully saturated rings. The first-order valence-corrected chi connectivity index (χ1v) is 25.2. The van der Waals surface area contributed by atoms with E-state index in [1.165, 1.54) is 129 Å². The SMILES string of the molecule is CCCCCCCCCCCCCCCC(=O)N(C)[C@H](CO)C(=O)N[C@H](C)C(=O)CCC(=O)N(C)[C@@H]1C(=O)C[C@@H](C)C(=O)N[C@H](C(=O)N[C@@H](C)C(OC)OC)Cc2ccc(O)c(c2)-c2cc1ccc2O. The molecule has 5 amide bonds. The number of hydrogen-bond acceptors (Lipinski definition) is 12. The summed E-state index contributed by atoms with van der Waals surface area (Å²) in [5.74, 6) is -5.32. The van der Waals surface area contributed by atoms with Crippen molar-refractivity contribution in [2.24, 2.45) is 5.92 Å². The minimum absolute atomic E-state index is 0.0253. The Morgan fingerprint density at radius 3 is 1.87 bits per heavy atom. The van der Waals surface area contributed by atoms with Crippen molar-refractivity contribution in [2.45, 2.75) is 180 Å². The van der Waals surface area contributed by atoms with E-state index in [1.807, 2.05) is 0 Å². The zero-order valence-corrected chi connectivity index (χ0v) is 42.9. The third-order valence-electron chi connectivity index (χ3n) is 13.3. The van der Waals surface area contributed by atoms with Gasteiger partial charge in [-0.05, 0) is 55.7 Å². The van der Waals surface area contributed by atoms with E-state index in [2.05, 4.69) is 22.9 Å². The van der Waals surface area contributed by atoms with Crippen LogP contribution in [-0.2, 0) is 49.5 Å². The van der Waals surface area contributed by atoms with Gasteiger partial charge in [0.2, 0.25) is 29.5 Å². The highest BCUT2D eigenvalue weighted by Crippen LogP contribution is 2.39. The number of ketones is 2. The normalized spacial score (nSPS) is 17.4. The van der Waals surface area contributed by atoms with Crippen molar-refractivity contribution >= 4 is 41.1 Å². The predicted octanol–water partition coefficient (Wildman–Crippen LogP) is 6.18. The number of carbonyl (C=O) groups is 7. The molecular weight excluding hydrogens is 899 g/mol. The maximum absolute atomic E-state index is 14.3. The standard InChI is InChI=1S/C53H81N5O12/c1-9-10-11-12-13-14-15-16-17-18-19-20-21-22-47(64)57(5)42(33-59)52(68)54-35(3)43(60)27-28-48(65)58(6)49-38-24-26-45(62)40(32-38)39-30-37(23-25-44(39)61)31-41(56-50(66)34(2)29-46(49)63)51(67)55-36(4)53(69-7)70-8/h23-26,30,32,34-36,41-42,49,53,59,61-62H,9-22,27-29,31,33H2,1-8H3,(H,54,68)(H,55,67)(H,56,66)/t34-,35-,36+,41+,42-,49+/m1/s1. The van der Waals surface area contributed by atoms with Crippen LogP contribution in [0.5, 0.6) is 11.5 Å². The summed E-state index contributed by atoms with van der Waals surface area (Å²) in [6.07, 6.45) is 13.5. The van der Waals surface area contributed by atoms with Crippen molar-refractivity contribution < 1.29 is 58.4 Å². The summed E-state index contributed by atoms with van der Waals surface area (Å²) in [6.45, 7) is 6.20. The number of methoxy groups -OCH3 is 2. The molecule has 6 N–H and O–H groups in total. The first kappa shape index (κ1) is 58.9. The molecule has 4 bridgehead atoms. The van der Waals surface area contributed by atoms with Crippen molar-refractivity contribution in [1.29, 1.82) is 0 Å². The van der Waals surface area contributed by atoms with Crippen LogP contribution >= 0.6 is 0 Å². The molecule has 2 aromatic rings. The van der Waals surface area contributed by atoms with Gasteiger partial charge in [-0.15, -0.1) is 0 Å². The van der Waals surface area contributed by atoms with Gasteiger partial charge in [-0.25, -0.2) is 0 Å². The molecule has 17 heteroatoms. The smallest absolute Gasteiger partial charge is 0.245 e. The summed E-state index contributed by atoms with van der Waals surface area (Å²) in [4.78, 5) is 97.6.